The minimum atomic E-state index is -0.379. The van der Waals surface area contributed by atoms with Gasteiger partial charge in [-0.1, -0.05) is 62.1 Å². The molecule has 2 aromatic carbocycles. The SMILES string of the molecule is CCCCCCOC(=O)c1ccccc1NC=C(C#N)c1nc(-c2ccc(Cl)cc2)cs1. The smallest absolute Gasteiger partial charge is 0.340 e. The number of unbranched alkanes of at least 4 members (excludes halogenated alkanes) is 3. The van der Waals surface area contributed by atoms with E-state index in [2.05, 4.69) is 23.3 Å². The molecule has 3 aromatic rings. The number of aromatic nitrogens is 1. The van der Waals surface area contributed by atoms with Crippen molar-refractivity contribution in [1.29, 1.82) is 5.26 Å². The third-order valence-electron chi connectivity index (χ3n) is 4.75. The Hall–Kier alpha value is -3.14. The number of carbonyl (C=O) groups is 1. The number of anilines is 1. The number of nitrogens with zero attached hydrogens (tertiary/aromatic N) is 2. The molecular formula is C25H24ClN3O2S. The first-order valence-corrected chi connectivity index (χ1v) is 11.7. The lowest BCUT2D eigenvalue weighted by Crippen LogP contribution is -2.09. The number of benzene rings is 2. The van der Waals surface area contributed by atoms with Crippen LogP contribution in [0.15, 0.2) is 60.1 Å². The van der Waals surface area contributed by atoms with Gasteiger partial charge < -0.3 is 10.1 Å². The van der Waals surface area contributed by atoms with E-state index in [0.29, 0.717) is 33.5 Å². The number of para-hydroxylation sites is 1. The molecule has 164 valence electrons. The van der Waals surface area contributed by atoms with Gasteiger partial charge in [-0.2, -0.15) is 5.26 Å². The highest BCUT2D eigenvalue weighted by Crippen LogP contribution is 2.27. The Morgan fingerprint density at radius 1 is 1.19 bits per heavy atom. The van der Waals surface area contributed by atoms with Crippen LogP contribution in [-0.2, 0) is 4.74 Å². The molecule has 0 atom stereocenters. The van der Waals surface area contributed by atoms with Crippen LogP contribution >= 0.6 is 22.9 Å². The molecule has 0 amide bonds. The van der Waals surface area contributed by atoms with Gasteiger partial charge in [0.1, 0.15) is 16.6 Å². The number of hydrogen-bond acceptors (Lipinski definition) is 6. The molecule has 1 heterocycles. The van der Waals surface area contributed by atoms with E-state index in [1.54, 1.807) is 36.5 Å². The lowest BCUT2D eigenvalue weighted by molar-refractivity contribution is 0.0499. The molecule has 0 radical (unpaired) electrons. The molecule has 5 nitrogen and oxygen atoms in total. The predicted molar refractivity (Wildman–Crippen MR) is 131 cm³/mol. The Kier molecular flexibility index (Phi) is 8.85. The second-order valence-corrected chi connectivity index (χ2v) is 8.40. The maximum absolute atomic E-state index is 12.5. The molecule has 3 rings (SSSR count). The van der Waals surface area contributed by atoms with Gasteiger partial charge in [0, 0.05) is 22.2 Å². The zero-order valence-corrected chi connectivity index (χ0v) is 19.4. The van der Waals surface area contributed by atoms with E-state index in [-0.39, 0.29) is 5.97 Å². The summed E-state index contributed by atoms with van der Waals surface area (Å²) in [6, 6.07) is 16.6. The van der Waals surface area contributed by atoms with Crippen LogP contribution in [0.1, 0.15) is 48.0 Å². The van der Waals surface area contributed by atoms with E-state index < -0.39 is 0 Å². The quantitative estimate of drug-likeness (QED) is 0.195. The molecule has 1 N–H and O–H groups in total. The number of rotatable bonds is 10. The number of ether oxygens (including phenoxy) is 1. The van der Waals surface area contributed by atoms with E-state index >= 15 is 0 Å². The van der Waals surface area contributed by atoms with E-state index in [1.165, 1.54) is 11.3 Å². The summed E-state index contributed by atoms with van der Waals surface area (Å²) in [4.78, 5) is 17.1. The minimum absolute atomic E-state index is 0.373. The maximum Gasteiger partial charge on any atom is 0.340 e. The Morgan fingerprint density at radius 2 is 1.97 bits per heavy atom. The Labute approximate surface area is 197 Å². The van der Waals surface area contributed by atoms with Gasteiger partial charge in [0.05, 0.1) is 23.6 Å². The van der Waals surface area contributed by atoms with Crippen molar-refractivity contribution in [3.05, 3.63) is 75.7 Å². The fraction of sp³-hybridized carbons (Fsp3) is 0.240. The molecule has 0 aliphatic carbocycles. The Morgan fingerprint density at radius 3 is 2.72 bits per heavy atom. The fourth-order valence-electron chi connectivity index (χ4n) is 3.00. The largest absolute Gasteiger partial charge is 0.462 e. The Bertz CT molecular complexity index is 1120. The molecule has 0 aliphatic heterocycles. The second kappa shape index (κ2) is 12.0. The minimum Gasteiger partial charge on any atom is -0.462 e. The average molecular weight is 466 g/mol. The number of halogens is 1. The van der Waals surface area contributed by atoms with Crippen LogP contribution in [0.5, 0.6) is 0 Å². The van der Waals surface area contributed by atoms with Crippen molar-refractivity contribution in [1.82, 2.24) is 4.98 Å². The second-order valence-electron chi connectivity index (χ2n) is 7.10. The van der Waals surface area contributed by atoms with Crippen LogP contribution in [0, 0.1) is 11.3 Å². The molecule has 0 saturated heterocycles. The number of nitrogens with one attached hydrogen (secondary N) is 1. The van der Waals surface area contributed by atoms with Crippen molar-refractivity contribution in [2.45, 2.75) is 32.6 Å². The van der Waals surface area contributed by atoms with Crippen LogP contribution in [0.4, 0.5) is 5.69 Å². The summed E-state index contributed by atoms with van der Waals surface area (Å²) >= 11 is 7.33. The first-order chi connectivity index (χ1) is 15.6. The first kappa shape index (κ1) is 23.5. The van der Waals surface area contributed by atoms with Gasteiger partial charge in [0.2, 0.25) is 0 Å². The van der Waals surface area contributed by atoms with Gasteiger partial charge in [-0.3, -0.25) is 0 Å². The molecule has 7 heteroatoms. The highest BCUT2D eigenvalue weighted by atomic mass is 35.5. The standard InChI is InChI=1S/C25H24ClN3O2S/c1-2-3-4-7-14-31-25(30)21-8-5-6-9-22(21)28-16-19(15-27)24-29-23(17-32-24)18-10-12-20(26)13-11-18/h5-6,8-13,16-17,28H,2-4,7,14H2,1H3. The van der Waals surface area contributed by atoms with E-state index in [4.69, 9.17) is 16.3 Å². The molecule has 1 aromatic heterocycles. The number of allylic oxidation sites excluding steroid dienone is 1. The summed E-state index contributed by atoms with van der Waals surface area (Å²) in [6.45, 7) is 2.54. The van der Waals surface area contributed by atoms with Crippen LogP contribution in [0.3, 0.4) is 0 Å². The van der Waals surface area contributed by atoms with Gasteiger partial charge in [-0.15, -0.1) is 11.3 Å². The molecule has 0 spiro atoms. The van der Waals surface area contributed by atoms with E-state index in [1.807, 2.05) is 23.6 Å². The zero-order valence-electron chi connectivity index (χ0n) is 17.8. The van der Waals surface area contributed by atoms with Gasteiger partial charge in [0.25, 0.3) is 0 Å². The number of nitriles is 1. The first-order valence-electron chi connectivity index (χ1n) is 10.5. The predicted octanol–water partition coefficient (Wildman–Crippen LogP) is 7.18. The van der Waals surface area contributed by atoms with Crippen molar-refractivity contribution in [3.8, 4) is 17.3 Å². The molecule has 0 unspecified atom stereocenters. The van der Waals surface area contributed by atoms with Gasteiger partial charge in [0.15, 0.2) is 0 Å². The van der Waals surface area contributed by atoms with Crippen LogP contribution in [0.2, 0.25) is 5.02 Å². The zero-order chi connectivity index (χ0) is 22.8. The molecule has 0 aliphatic rings. The average Bonchev–Trinajstić information content (AvgIpc) is 3.30. The molecule has 32 heavy (non-hydrogen) atoms. The van der Waals surface area contributed by atoms with Crippen LogP contribution in [-0.4, -0.2) is 17.6 Å². The molecule has 0 bridgehead atoms. The van der Waals surface area contributed by atoms with E-state index in [0.717, 1.165) is 36.9 Å². The van der Waals surface area contributed by atoms with Crippen molar-refractivity contribution in [2.75, 3.05) is 11.9 Å². The maximum atomic E-state index is 12.5. The van der Waals surface area contributed by atoms with Gasteiger partial charge >= 0.3 is 5.97 Å². The number of carbonyl (C=O) groups excluding carboxylic acids is 1. The molecule has 0 saturated carbocycles. The third-order valence-corrected chi connectivity index (χ3v) is 5.87. The molecular weight excluding hydrogens is 442 g/mol. The highest BCUT2D eigenvalue weighted by molar-refractivity contribution is 7.11. The van der Waals surface area contributed by atoms with Crippen molar-refractivity contribution in [2.24, 2.45) is 0 Å². The number of esters is 1. The van der Waals surface area contributed by atoms with Gasteiger partial charge in [-0.25, -0.2) is 9.78 Å². The van der Waals surface area contributed by atoms with E-state index in [9.17, 15) is 10.1 Å². The van der Waals surface area contributed by atoms with Crippen molar-refractivity contribution >= 4 is 40.2 Å². The fourth-order valence-corrected chi connectivity index (χ4v) is 3.92. The monoisotopic (exact) mass is 465 g/mol. The van der Waals surface area contributed by atoms with Crippen LogP contribution < -0.4 is 5.32 Å². The summed E-state index contributed by atoms with van der Waals surface area (Å²) in [6.07, 6.45) is 5.73. The summed E-state index contributed by atoms with van der Waals surface area (Å²) < 4.78 is 5.41. The topological polar surface area (TPSA) is 75.0 Å². The summed E-state index contributed by atoms with van der Waals surface area (Å²) in [5.74, 6) is -0.379. The van der Waals surface area contributed by atoms with Crippen LogP contribution in [0.25, 0.3) is 16.8 Å². The third kappa shape index (κ3) is 6.43. The lowest BCUT2D eigenvalue weighted by atomic mass is 10.1. The highest BCUT2D eigenvalue weighted by Gasteiger charge is 2.13. The number of hydrogen-bond donors (Lipinski definition) is 1. The summed E-state index contributed by atoms with van der Waals surface area (Å²) in [5.41, 5.74) is 3.08. The molecule has 0 fully saturated rings. The Balaban J connectivity index is 1.70. The summed E-state index contributed by atoms with van der Waals surface area (Å²) in [5, 5.41) is 15.9. The summed E-state index contributed by atoms with van der Waals surface area (Å²) in [7, 11) is 0. The van der Waals surface area contributed by atoms with Crippen molar-refractivity contribution < 1.29 is 9.53 Å². The van der Waals surface area contributed by atoms with Crippen molar-refractivity contribution in [3.63, 3.8) is 0 Å². The normalized spacial score (nSPS) is 11.1. The van der Waals surface area contributed by atoms with Gasteiger partial charge in [-0.05, 0) is 30.7 Å². The number of thiazole rings is 1. The lowest BCUT2D eigenvalue weighted by Gasteiger charge is -2.09.